The molecule has 2 N–H and O–H groups in total. The normalized spacial score (nSPS) is 10.6. The Labute approximate surface area is 180 Å². The zero-order valence-electron chi connectivity index (χ0n) is 16.4. The van der Waals surface area contributed by atoms with Gasteiger partial charge in [-0.15, -0.1) is 0 Å². The van der Waals surface area contributed by atoms with Crippen LogP contribution in [0.1, 0.15) is 0 Å². The maximum absolute atomic E-state index is 12.3. The molecule has 0 radical (unpaired) electrons. The molecule has 2 aromatic heterocycles. The van der Waals surface area contributed by atoms with Crippen molar-refractivity contribution < 1.29 is 23.0 Å². The molecule has 2 amide bonds. The van der Waals surface area contributed by atoms with Gasteiger partial charge in [0.05, 0.1) is 0 Å². The van der Waals surface area contributed by atoms with Crippen LogP contribution in [-0.4, -0.2) is 32.4 Å². The minimum absolute atomic E-state index is 0.0558. The molecule has 11 heteroatoms. The third-order valence-electron chi connectivity index (χ3n) is 4.02. The quantitative estimate of drug-likeness (QED) is 0.434. The Balaban J connectivity index is 1.35. The molecule has 2 heterocycles. The number of hydrogen-bond acceptors (Lipinski definition) is 6. The zero-order chi connectivity index (χ0) is 22.3. The summed E-state index contributed by atoms with van der Waals surface area (Å²) in [7, 11) is 0. The molecule has 0 aliphatic heterocycles. The predicted octanol–water partition coefficient (Wildman–Crippen LogP) is 4.70. The van der Waals surface area contributed by atoms with Crippen molar-refractivity contribution in [3.05, 3.63) is 79.4 Å². The highest BCUT2D eigenvalue weighted by Crippen LogP contribution is 2.23. The molecule has 4 rings (SSSR count). The maximum Gasteiger partial charge on any atom is 0.387 e. The van der Waals surface area contributed by atoms with Crippen molar-refractivity contribution in [2.75, 3.05) is 10.6 Å². The van der Waals surface area contributed by atoms with Crippen LogP contribution < -0.4 is 20.1 Å². The molecule has 2 aromatic carbocycles. The van der Waals surface area contributed by atoms with Crippen LogP contribution in [0.25, 0.3) is 5.82 Å². The number of urea groups is 1. The molecule has 9 nitrogen and oxygen atoms in total. The summed E-state index contributed by atoms with van der Waals surface area (Å²) in [5, 5.41) is 9.29. The van der Waals surface area contributed by atoms with Gasteiger partial charge < -0.3 is 20.1 Å². The third-order valence-corrected chi connectivity index (χ3v) is 4.02. The molecular formula is C21H16F2N6O3. The van der Waals surface area contributed by atoms with Gasteiger partial charge in [0, 0.05) is 35.9 Å². The van der Waals surface area contributed by atoms with Crippen molar-refractivity contribution in [2.24, 2.45) is 0 Å². The molecule has 0 bridgehead atoms. The average molecular weight is 438 g/mol. The highest BCUT2D eigenvalue weighted by molar-refractivity contribution is 5.99. The van der Waals surface area contributed by atoms with E-state index in [-0.39, 0.29) is 5.75 Å². The second-order valence-corrected chi connectivity index (χ2v) is 6.28. The Morgan fingerprint density at radius 2 is 1.75 bits per heavy atom. The number of alkyl halides is 2. The van der Waals surface area contributed by atoms with E-state index in [1.807, 2.05) is 0 Å². The van der Waals surface area contributed by atoms with E-state index < -0.39 is 12.6 Å². The monoisotopic (exact) mass is 438 g/mol. The molecule has 0 saturated heterocycles. The number of amides is 2. The lowest BCUT2D eigenvalue weighted by Crippen LogP contribution is -2.19. The molecule has 32 heavy (non-hydrogen) atoms. The van der Waals surface area contributed by atoms with E-state index in [0.29, 0.717) is 28.8 Å². The standard InChI is InChI=1S/C21H16F2N6O3/c22-20(23)32-17-4-1-3-15(11-17)28-21(30)27-14-5-7-16(8-6-14)31-19-12-18(24-13-25-19)29-10-2-9-26-29/h1-13,20H,(H2,27,28,30). The summed E-state index contributed by atoms with van der Waals surface area (Å²) in [6, 6.07) is 15.2. The number of halogens is 2. The van der Waals surface area contributed by atoms with E-state index in [1.54, 1.807) is 59.5 Å². The smallest absolute Gasteiger partial charge is 0.387 e. The Morgan fingerprint density at radius 1 is 0.938 bits per heavy atom. The first kappa shape index (κ1) is 20.7. The average Bonchev–Trinajstić information content (AvgIpc) is 3.30. The van der Waals surface area contributed by atoms with E-state index in [9.17, 15) is 13.6 Å². The van der Waals surface area contributed by atoms with Crippen LogP contribution in [0.2, 0.25) is 0 Å². The van der Waals surface area contributed by atoms with Crippen LogP contribution in [0.5, 0.6) is 17.4 Å². The lowest BCUT2D eigenvalue weighted by Gasteiger charge is -2.10. The number of nitrogens with one attached hydrogen (secondary N) is 2. The molecule has 0 aliphatic carbocycles. The second-order valence-electron chi connectivity index (χ2n) is 6.28. The summed E-state index contributed by atoms with van der Waals surface area (Å²) in [4.78, 5) is 20.4. The van der Waals surface area contributed by atoms with E-state index in [2.05, 4.69) is 30.4 Å². The van der Waals surface area contributed by atoms with Gasteiger partial charge >= 0.3 is 12.6 Å². The van der Waals surface area contributed by atoms with Crippen LogP contribution in [-0.2, 0) is 0 Å². The first-order valence-electron chi connectivity index (χ1n) is 9.28. The fraction of sp³-hybridized carbons (Fsp3) is 0.0476. The Morgan fingerprint density at radius 3 is 2.50 bits per heavy atom. The Bertz CT molecular complexity index is 1190. The number of benzene rings is 2. The minimum atomic E-state index is -2.95. The van der Waals surface area contributed by atoms with E-state index in [1.165, 1.54) is 24.5 Å². The van der Waals surface area contributed by atoms with Gasteiger partial charge in [-0.3, -0.25) is 0 Å². The van der Waals surface area contributed by atoms with Crippen molar-refractivity contribution in [2.45, 2.75) is 6.61 Å². The number of ether oxygens (including phenoxy) is 2. The first-order valence-corrected chi connectivity index (χ1v) is 9.28. The van der Waals surface area contributed by atoms with E-state index in [4.69, 9.17) is 4.74 Å². The van der Waals surface area contributed by atoms with Gasteiger partial charge in [0.15, 0.2) is 5.82 Å². The van der Waals surface area contributed by atoms with Gasteiger partial charge in [-0.1, -0.05) is 6.07 Å². The molecule has 0 atom stereocenters. The van der Waals surface area contributed by atoms with Crippen LogP contribution in [0.4, 0.5) is 25.0 Å². The number of carbonyl (C=O) groups is 1. The van der Waals surface area contributed by atoms with Gasteiger partial charge in [-0.2, -0.15) is 13.9 Å². The maximum atomic E-state index is 12.3. The molecular weight excluding hydrogens is 422 g/mol. The topological polar surface area (TPSA) is 103 Å². The number of aromatic nitrogens is 4. The highest BCUT2D eigenvalue weighted by atomic mass is 19.3. The summed E-state index contributed by atoms with van der Waals surface area (Å²) < 4.78 is 36.2. The molecule has 0 unspecified atom stereocenters. The molecule has 162 valence electrons. The number of hydrogen-bond donors (Lipinski definition) is 2. The summed E-state index contributed by atoms with van der Waals surface area (Å²) in [6.45, 7) is -2.95. The lowest BCUT2D eigenvalue weighted by molar-refractivity contribution is -0.0498. The van der Waals surface area contributed by atoms with Crippen LogP contribution >= 0.6 is 0 Å². The lowest BCUT2D eigenvalue weighted by atomic mass is 10.3. The van der Waals surface area contributed by atoms with Gasteiger partial charge in [0.1, 0.15) is 17.8 Å². The molecule has 0 saturated carbocycles. The van der Waals surface area contributed by atoms with Gasteiger partial charge in [0.25, 0.3) is 0 Å². The van der Waals surface area contributed by atoms with Crippen molar-refractivity contribution in [3.63, 3.8) is 0 Å². The summed E-state index contributed by atoms with van der Waals surface area (Å²) in [6.07, 6.45) is 4.76. The Hall–Kier alpha value is -4.54. The molecule has 0 fully saturated rings. The first-order chi connectivity index (χ1) is 15.5. The predicted molar refractivity (Wildman–Crippen MR) is 111 cm³/mol. The zero-order valence-corrected chi connectivity index (χ0v) is 16.4. The number of carbonyl (C=O) groups excluding carboxylic acids is 1. The summed E-state index contributed by atoms with van der Waals surface area (Å²) in [5.41, 5.74) is 0.798. The van der Waals surface area contributed by atoms with Crippen molar-refractivity contribution in [1.82, 2.24) is 19.7 Å². The SMILES string of the molecule is O=C(Nc1ccc(Oc2cc(-n3cccn3)ncn2)cc1)Nc1cccc(OC(F)F)c1. The number of nitrogens with zero attached hydrogens (tertiary/aromatic N) is 4. The second kappa shape index (κ2) is 9.51. The van der Waals surface area contributed by atoms with Crippen molar-refractivity contribution in [3.8, 4) is 23.2 Å². The van der Waals surface area contributed by atoms with Crippen molar-refractivity contribution >= 4 is 17.4 Å². The third kappa shape index (κ3) is 5.53. The largest absolute Gasteiger partial charge is 0.439 e. The van der Waals surface area contributed by atoms with Gasteiger partial charge in [-0.05, 0) is 42.5 Å². The molecule has 0 aliphatic rings. The Kier molecular flexibility index (Phi) is 6.16. The van der Waals surface area contributed by atoms with E-state index >= 15 is 0 Å². The fourth-order valence-corrected chi connectivity index (χ4v) is 2.69. The van der Waals surface area contributed by atoms with Crippen LogP contribution in [0, 0.1) is 0 Å². The molecule has 0 spiro atoms. The fourth-order valence-electron chi connectivity index (χ4n) is 2.69. The van der Waals surface area contributed by atoms with Crippen LogP contribution in [0.15, 0.2) is 79.4 Å². The van der Waals surface area contributed by atoms with E-state index in [0.717, 1.165) is 0 Å². The number of rotatable bonds is 7. The molecule has 4 aromatic rings. The minimum Gasteiger partial charge on any atom is -0.439 e. The van der Waals surface area contributed by atoms with Gasteiger partial charge in [-0.25, -0.2) is 19.4 Å². The van der Waals surface area contributed by atoms with Gasteiger partial charge in [0.2, 0.25) is 5.88 Å². The van der Waals surface area contributed by atoms with Crippen molar-refractivity contribution in [1.29, 1.82) is 0 Å². The highest BCUT2D eigenvalue weighted by Gasteiger charge is 2.08. The summed E-state index contributed by atoms with van der Waals surface area (Å²) >= 11 is 0. The number of anilines is 2. The van der Waals surface area contributed by atoms with Crippen LogP contribution in [0.3, 0.4) is 0 Å². The summed E-state index contributed by atoms with van der Waals surface area (Å²) in [5.74, 6) is 1.32.